The lowest BCUT2D eigenvalue weighted by Crippen LogP contribution is -2.44. The summed E-state index contributed by atoms with van der Waals surface area (Å²) in [7, 11) is -5.98. The van der Waals surface area contributed by atoms with Crippen molar-refractivity contribution in [3.8, 4) is 11.4 Å². The molecule has 0 aliphatic carbocycles. The number of aromatic nitrogens is 6. The van der Waals surface area contributed by atoms with E-state index in [1.54, 1.807) is 67.7 Å². The number of carboxylic acids is 2. The lowest BCUT2D eigenvalue weighted by molar-refractivity contribution is -0.134. The van der Waals surface area contributed by atoms with Gasteiger partial charge < -0.3 is 26.0 Å². The van der Waals surface area contributed by atoms with Gasteiger partial charge in [-0.2, -0.15) is 10.2 Å². The van der Waals surface area contributed by atoms with E-state index in [0.29, 0.717) is 51.5 Å². The summed E-state index contributed by atoms with van der Waals surface area (Å²) in [6, 6.07) is 22.3. The minimum atomic E-state index is -3.97. The van der Waals surface area contributed by atoms with Crippen molar-refractivity contribution in [3.05, 3.63) is 143 Å². The normalized spacial score (nSPS) is 12.0. The average molecular weight is 942 g/mol. The van der Waals surface area contributed by atoms with Crippen molar-refractivity contribution in [3.63, 3.8) is 0 Å². The van der Waals surface area contributed by atoms with E-state index < -0.39 is 49.2 Å². The SMILES string of the molecule is CC(C)(C)C(Cc1cc(S(=O)(=O)c2cccnc2)n(-c2ccccc2Cl)n1)NC(=O)O.CNCc1cc(S(=O)(=O)c2cccnc2)n(-c2ccccc2Cl)n1.O=C(O)C=CC(=O)O. The van der Waals surface area contributed by atoms with Gasteiger partial charge in [0.25, 0.3) is 0 Å². The summed E-state index contributed by atoms with van der Waals surface area (Å²) in [6.45, 7) is 6.12. The number of hydrogen-bond donors (Lipinski definition) is 5. The maximum Gasteiger partial charge on any atom is 0.404 e. The summed E-state index contributed by atoms with van der Waals surface area (Å²) in [5, 5.41) is 39.9. The van der Waals surface area contributed by atoms with E-state index in [2.05, 4.69) is 30.8 Å². The average Bonchev–Trinajstić information content (AvgIpc) is 3.87. The van der Waals surface area contributed by atoms with Gasteiger partial charge in [0.1, 0.15) is 0 Å². The highest BCUT2D eigenvalue weighted by molar-refractivity contribution is 7.91. The van der Waals surface area contributed by atoms with Crippen LogP contribution in [0.25, 0.3) is 11.4 Å². The number of nitrogens with one attached hydrogen (secondary N) is 2. The van der Waals surface area contributed by atoms with Crippen molar-refractivity contribution in [2.24, 2.45) is 5.41 Å². The zero-order valence-electron chi connectivity index (χ0n) is 34.0. The third kappa shape index (κ3) is 13.3. The van der Waals surface area contributed by atoms with Gasteiger partial charge >= 0.3 is 18.0 Å². The number of rotatable bonds is 13. The van der Waals surface area contributed by atoms with Crippen molar-refractivity contribution in [2.75, 3.05) is 7.05 Å². The van der Waals surface area contributed by atoms with Crippen molar-refractivity contribution >= 4 is 60.9 Å². The number of benzene rings is 2. The number of hydrogen-bond acceptors (Lipinski definition) is 12. The number of amides is 1. The van der Waals surface area contributed by atoms with Crippen LogP contribution in [0.4, 0.5) is 4.79 Å². The number of carboxylic acid groups (broad SMARTS) is 3. The molecule has 18 nitrogen and oxygen atoms in total. The first kappa shape index (κ1) is 49.2. The lowest BCUT2D eigenvalue weighted by Gasteiger charge is -2.29. The van der Waals surface area contributed by atoms with E-state index in [4.69, 9.17) is 33.4 Å². The first-order chi connectivity index (χ1) is 29.7. The molecule has 1 amide bonds. The maximum absolute atomic E-state index is 13.4. The van der Waals surface area contributed by atoms with Crippen molar-refractivity contribution in [1.29, 1.82) is 0 Å². The molecule has 63 heavy (non-hydrogen) atoms. The van der Waals surface area contributed by atoms with Crippen LogP contribution in [0.1, 0.15) is 32.2 Å². The minimum absolute atomic E-state index is 0.0192. The van der Waals surface area contributed by atoms with Crippen LogP contribution in [0.15, 0.2) is 142 Å². The van der Waals surface area contributed by atoms with Crippen LogP contribution < -0.4 is 10.6 Å². The Balaban J connectivity index is 0.000000241. The topological polar surface area (TPSA) is 266 Å². The molecule has 4 aromatic heterocycles. The maximum atomic E-state index is 13.4. The highest BCUT2D eigenvalue weighted by Gasteiger charge is 2.31. The molecule has 4 heterocycles. The Morgan fingerprint density at radius 3 is 1.49 bits per heavy atom. The molecule has 1 atom stereocenters. The predicted molar refractivity (Wildman–Crippen MR) is 232 cm³/mol. The molecule has 0 aliphatic heterocycles. The molecule has 332 valence electrons. The smallest absolute Gasteiger partial charge is 0.404 e. The first-order valence-electron chi connectivity index (χ1n) is 18.4. The highest BCUT2D eigenvalue weighted by Crippen LogP contribution is 2.30. The fourth-order valence-electron chi connectivity index (χ4n) is 5.49. The van der Waals surface area contributed by atoms with Gasteiger partial charge in [0.15, 0.2) is 10.1 Å². The second-order valence-corrected chi connectivity index (χ2v) is 18.8. The molecular weight excluding hydrogens is 900 g/mol. The number of carbonyl (C=O) groups is 3. The van der Waals surface area contributed by atoms with E-state index in [0.717, 1.165) is 0 Å². The fourth-order valence-corrected chi connectivity index (χ4v) is 8.64. The molecule has 0 spiro atoms. The molecule has 0 aliphatic rings. The molecule has 0 fully saturated rings. The van der Waals surface area contributed by atoms with E-state index in [1.807, 2.05) is 20.8 Å². The molecule has 22 heteroatoms. The van der Waals surface area contributed by atoms with E-state index >= 15 is 0 Å². The Morgan fingerprint density at radius 2 is 1.13 bits per heavy atom. The van der Waals surface area contributed by atoms with Crippen LogP contribution in [-0.4, -0.2) is 92.8 Å². The highest BCUT2D eigenvalue weighted by atomic mass is 35.5. The van der Waals surface area contributed by atoms with Gasteiger partial charge in [-0.05, 0) is 67.1 Å². The number of nitrogens with zero attached hydrogens (tertiary/aromatic N) is 6. The molecule has 0 radical (unpaired) electrons. The summed E-state index contributed by atoms with van der Waals surface area (Å²) in [6.07, 6.45) is 5.75. The van der Waals surface area contributed by atoms with Gasteiger partial charge in [0.2, 0.25) is 19.7 Å². The van der Waals surface area contributed by atoms with E-state index in [-0.39, 0.29) is 26.3 Å². The van der Waals surface area contributed by atoms with Crippen LogP contribution >= 0.6 is 23.2 Å². The minimum Gasteiger partial charge on any atom is -0.478 e. The summed E-state index contributed by atoms with van der Waals surface area (Å²) < 4.78 is 55.3. The number of sulfone groups is 2. The molecule has 6 aromatic rings. The van der Waals surface area contributed by atoms with Crippen LogP contribution in [0.3, 0.4) is 0 Å². The Bertz CT molecular complexity index is 2780. The molecule has 6 rings (SSSR count). The predicted octanol–water partition coefficient (Wildman–Crippen LogP) is 6.16. The second-order valence-electron chi connectivity index (χ2n) is 14.2. The zero-order valence-corrected chi connectivity index (χ0v) is 37.1. The van der Waals surface area contributed by atoms with Gasteiger partial charge in [0, 0.05) is 62.0 Å². The largest absolute Gasteiger partial charge is 0.478 e. The van der Waals surface area contributed by atoms with Crippen molar-refractivity contribution < 1.29 is 46.5 Å². The Kier molecular flexibility index (Phi) is 16.8. The zero-order chi connectivity index (χ0) is 46.5. The van der Waals surface area contributed by atoms with E-state index in [1.165, 1.54) is 58.4 Å². The quantitative estimate of drug-likeness (QED) is 0.0812. The standard InChI is InChI=1S/C21H23ClN4O4S.C16H15ClN4O2S.C4H4O4/c1-21(2,3)18(24-20(27)28)11-14-12-19(31(29,30)15-7-6-10-23-13-15)26(25-14)17-9-5-4-8-16(17)22;1-18-10-12-9-16(24(22,23)13-5-4-8-19-11-13)21(20-12)15-7-3-2-6-14(15)17;5-3(6)1-2-4(7)8/h4-10,12-13,18,24H,11H2,1-3H3,(H,27,28);2-9,11,18H,10H2,1H3;1-2H,(H,5,6)(H,7,8). The monoisotopic (exact) mass is 940 g/mol. The molecule has 0 bridgehead atoms. The molecule has 2 aromatic carbocycles. The van der Waals surface area contributed by atoms with Crippen LogP contribution in [-0.2, 0) is 42.2 Å². The lowest BCUT2D eigenvalue weighted by atomic mass is 9.84. The number of para-hydroxylation sites is 2. The summed E-state index contributed by atoms with van der Waals surface area (Å²) >= 11 is 12.6. The fraction of sp³-hybridized carbons (Fsp3) is 0.195. The summed E-state index contributed by atoms with van der Waals surface area (Å²) in [5.74, 6) is -2.51. The van der Waals surface area contributed by atoms with Crippen LogP contribution in [0.2, 0.25) is 10.0 Å². The first-order valence-corrected chi connectivity index (χ1v) is 22.1. The Labute approximate surface area is 372 Å². The Hall–Kier alpha value is -6.45. The molecule has 0 saturated heterocycles. The second kappa shape index (κ2) is 21.6. The summed E-state index contributed by atoms with van der Waals surface area (Å²) in [5.41, 5.74) is 1.49. The Morgan fingerprint density at radius 1 is 0.698 bits per heavy atom. The van der Waals surface area contributed by atoms with Gasteiger partial charge in [-0.25, -0.2) is 40.6 Å². The molecule has 1 unspecified atom stereocenters. The van der Waals surface area contributed by atoms with Crippen molar-refractivity contribution in [2.45, 2.75) is 59.6 Å². The number of pyridine rings is 2. The molecular formula is C41H42Cl2N8O10S2. The third-order valence-electron chi connectivity index (χ3n) is 8.54. The summed E-state index contributed by atoms with van der Waals surface area (Å²) in [4.78, 5) is 38.3. The van der Waals surface area contributed by atoms with Gasteiger partial charge in [-0.1, -0.05) is 68.2 Å². The van der Waals surface area contributed by atoms with Gasteiger partial charge in [-0.15, -0.1) is 0 Å². The number of aliphatic carboxylic acids is 2. The van der Waals surface area contributed by atoms with E-state index in [9.17, 15) is 36.3 Å². The molecule has 5 N–H and O–H groups in total. The van der Waals surface area contributed by atoms with Gasteiger partial charge in [-0.3, -0.25) is 9.97 Å². The van der Waals surface area contributed by atoms with Gasteiger partial charge in [0.05, 0.1) is 42.6 Å². The molecule has 0 saturated carbocycles. The third-order valence-corrected chi connectivity index (χ3v) is 12.6. The van der Waals surface area contributed by atoms with Crippen LogP contribution in [0.5, 0.6) is 0 Å². The van der Waals surface area contributed by atoms with Crippen molar-refractivity contribution in [1.82, 2.24) is 40.2 Å². The van der Waals surface area contributed by atoms with Crippen LogP contribution in [0, 0.1) is 5.41 Å². The number of halogens is 2.